The summed E-state index contributed by atoms with van der Waals surface area (Å²) in [7, 11) is 0. The summed E-state index contributed by atoms with van der Waals surface area (Å²) < 4.78 is 6.99. The van der Waals surface area contributed by atoms with Gasteiger partial charge in [-0.25, -0.2) is 0 Å². The van der Waals surface area contributed by atoms with E-state index < -0.39 is 0 Å². The Bertz CT molecular complexity index is 940. The van der Waals surface area contributed by atoms with Gasteiger partial charge in [0.05, 0.1) is 6.54 Å². The molecule has 2 nitrogen and oxygen atoms in total. The van der Waals surface area contributed by atoms with E-state index in [1.165, 1.54) is 36.0 Å². The molecular formula is C23H23NOS. The number of nitrogens with one attached hydrogen (secondary N) is 1. The van der Waals surface area contributed by atoms with Crippen molar-refractivity contribution in [2.45, 2.75) is 38.6 Å². The molecule has 132 valence electrons. The fourth-order valence-corrected chi connectivity index (χ4v) is 3.98. The molecular weight excluding hydrogens is 338 g/mol. The summed E-state index contributed by atoms with van der Waals surface area (Å²) in [5, 5.41) is 3.50. The van der Waals surface area contributed by atoms with Gasteiger partial charge >= 0.3 is 0 Å². The predicted molar refractivity (Wildman–Crippen MR) is 110 cm³/mol. The van der Waals surface area contributed by atoms with E-state index in [0.717, 1.165) is 21.7 Å². The Morgan fingerprint density at radius 3 is 2.35 bits per heavy atom. The van der Waals surface area contributed by atoms with Gasteiger partial charge in [-0.2, -0.15) is 0 Å². The average Bonchev–Trinajstić information content (AvgIpc) is 2.62. The molecule has 0 aliphatic heterocycles. The monoisotopic (exact) mass is 361 g/mol. The zero-order valence-corrected chi connectivity index (χ0v) is 15.8. The van der Waals surface area contributed by atoms with Crippen molar-refractivity contribution in [2.75, 3.05) is 5.32 Å². The third-order valence-electron chi connectivity index (χ3n) is 5.14. The Kier molecular flexibility index (Phi) is 4.89. The summed E-state index contributed by atoms with van der Waals surface area (Å²) in [5.74, 6) is 2.45. The minimum Gasteiger partial charge on any atom is -0.464 e. The summed E-state index contributed by atoms with van der Waals surface area (Å²) in [6.45, 7) is 2.64. The average molecular weight is 362 g/mol. The lowest BCUT2D eigenvalue weighted by molar-refractivity contribution is 0.388. The molecule has 0 saturated heterocycles. The smallest absolute Gasteiger partial charge is 0.127 e. The molecule has 4 rings (SSSR count). The van der Waals surface area contributed by atoms with Gasteiger partial charge in [0.1, 0.15) is 11.5 Å². The van der Waals surface area contributed by atoms with Crippen molar-refractivity contribution in [3.05, 3.63) is 82.3 Å². The number of hydrogen-bond donors (Lipinski definition) is 1. The van der Waals surface area contributed by atoms with Crippen molar-refractivity contribution in [1.29, 1.82) is 0 Å². The van der Waals surface area contributed by atoms with E-state index in [1.54, 1.807) is 0 Å². The molecule has 1 saturated carbocycles. The maximum Gasteiger partial charge on any atom is 0.127 e. The Morgan fingerprint density at radius 1 is 1.00 bits per heavy atom. The van der Waals surface area contributed by atoms with Crippen molar-refractivity contribution in [3.63, 3.8) is 0 Å². The number of rotatable bonds is 5. The van der Waals surface area contributed by atoms with E-state index in [0.29, 0.717) is 12.5 Å². The lowest BCUT2D eigenvalue weighted by atomic mass is 9.79. The van der Waals surface area contributed by atoms with Crippen LogP contribution >= 0.6 is 12.2 Å². The van der Waals surface area contributed by atoms with Gasteiger partial charge in [0.25, 0.3) is 0 Å². The van der Waals surface area contributed by atoms with Gasteiger partial charge in [-0.15, -0.1) is 0 Å². The van der Waals surface area contributed by atoms with Gasteiger partial charge in [-0.3, -0.25) is 0 Å². The van der Waals surface area contributed by atoms with Crippen molar-refractivity contribution < 1.29 is 4.42 Å². The Balaban J connectivity index is 1.52. The highest BCUT2D eigenvalue weighted by Gasteiger charge is 2.25. The van der Waals surface area contributed by atoms with Crippen molar-refractivity contribution >= 4 is 17.9 Å². The summed E-state index contributed by atoms with van der Waals surface area (Å²) in [4.78, 5) is 0. The summed E-state index contributed by atoms with van der Waals surface area (Å²) in [6, 6.07) is 21.0. The van der Waals surface area contributed by atoms with Gasteiger partial charge in [-0.05, 0) is 55.0 Å². The highest BCUT2D eigenvalue weighted by Crippen LogP contribution is 2.39. The molecule has 0 amide bonds. The normalized spacial score (nSPS) is 14.0. The first-order valence-electron chi connectivity index (χ1n) is 9.23. The van der Waals surface area contributed by atoms with Crippen LogP contribution in [0.15, 0.2) is 65.1 Å². The van der Waals surface area contributed by atoms with Gasteiger partial charge in [0, 0.05) is 15.8 Å². The molecule has 1 aliphatic rings. The van der Waals surface area contributed by atoms with Gasteiger partial charge in [0.2, 0.25) is 0 Å². The second-order valence-electron chi connectivity index (χ2n) is 6.98. The number of hydrogen-bond acceptors (Lipinski definition) is 3. The van der Waals surface area contributed by atoms with Crippen LogP contribution in [0.3, 0.4) is 0 Å². The zero-order valence-electron chi connectivity index (χ0n) is 15.0. The first-order valence-corrected chi connectivity index (χ1v) is 9.64. The van der Waals surface area contributed by atoms with Crippen LogP contribution in [-0.2, 0) is 6.54 Å². The second kappa shape index (κ2) is 7.46. The molecule has 0 atom stereocenters. The van der Waals surface area contributed by atoms with E-state index >= 15 is 0 Å². The van der Waals surface area contributed by atoms with Crippen molar-refractivity contribution in [1.82, 2.24) is 0 Å². The Labute approximate surface area is 159 Å². The number of anilines is 1. The molecule has 2 aromatic carbocycles. The topological polar surface area (TPSA) is 25.2 Å². The van der Waals surface area contributed by atoms with E-state index in [1.807, 2.05) is 19.1 Å². The van der Waals surface area contributed by atoms with Crippen LogP contribution in [0.2, 0.25) is 0 Å². The van der Waals surface area contributed by atoms with Gasteiger partial charge < -0.3 is 9.73 Å². The molecule has 0 spiro atoms. The third kappa shape index (κ3) is 3.58. The van der Waals surface area contributed by atoms with Gasteiger partial charge in [0.15, 0.2) is 0 Å². The molecule has 0 bridgehead atoms. The zero-order chi connectivity index (χ0) is 17.9. The molecule has 3 heteroatoms. The molecule has 0 unspecified atom stereocenters. The highest BCUT2D eigenvalue weighted by molar-refractivity contribution is 7.71. The summed E-state index contributed by atoms with van der Waals surface area (Å²) >= 11 is 5.62. The summed E-state index contributed by atoms with van der Waals surface area (Å²) in [6.07, 6.45) is 3.74. The lowest BCUT2D eigenvalue weighted by Crippen LogP contribution is -2.14. The van der Waals surface area contributed by atoms with Crippen LogP contribution < -0.4 is 5.32 Å². The first-order chi connectivity index (χ1) is 12.7. The highest BCUT2D eigenvalue weighted by atomic mass is 32.1. The Hall–Kier alpha value is -2.39. The molecule has 26 heavy (non-hydrogen) atoms. The SMILES string of the molecule is Cc1cc(=S)c(C2CCC2)c(CNc2ccc(-c3ccccc3)cc2)o1. The minimum absolute atomic E-state index is 0.573. The predicted octanol–water partition coefficient (Wildman–Crippen LogP) is 6.86. The molecule has 1 aliphatic carbocycles. The number of aryl methyl sites for hydroxylation is 1. The number of benzene rings is 2. The van der Waals surface area contributed by atoms with Crippen molar-refractivity contribution in [3.8, 4) is 11.1 Å². The first kappa shape index (κ1) is 17.0. The second-order valence-corrected chi connectivity index (χ2v) is 7.42. The van der Waals surface area contributed by atoms with Crippen LogP contribution in [0.1, 0.15) is 42.3 Å². The standard InChI is InChI=1S/C23H23NOS/c1-16-14-22(26)23(19-8-5-9-19)21(25-16)15-24-20-12-10-18(11-13-20)17-6-3-2-4-7-17/h2-4,6-7,10-14,19,24H,5,8-9,15H2,1H3. The third-order valence-corrected chi connectivity index (χ3v) is 5.48. The Morgan fingerprint density at radius 2 is 1.69 bits per heavy atom. The van der Waals surface area contributed by atoms with Crippen LogP contribution in [-0.4, -0.2) is 0 Å². The van der Waals surface area contributed by atoms with Crippen LogP contribution in [0, 0.1) is 11.4 Å². The lowest BCUT2D eigenvalue weighted by Gasteiger charge is -2.27. The molecule has 1 heterocycles. The molecule has 1 N–H and O–H groups in total. The maximum absolute atomic E-state index is 6.03. The quantitative estimate of drug-likeness (QED) is 0.502. The molecule has 1 fully saturated rings. The van der Waals surface area contributed by atoms with E-state index in [2.05, 4.69) is 53.8 Å². The van der Waals surface area contributed by atoms with E-state index in [9.17, 15) is 0 Å². The van der Waals surface area contributed by atoms with E-state index in [-0.39, 0.29) is 0 Å². The molecule has 1 aromatic heterocycles. The summed E-state index contributed by atoms with van der Waals surface area (Å²) in [5.41, 5.74) is 4.78. The van der Waals surface area contributed by atoms with E-state index in [4.69, 9.17) is 16.6 Å². The fourth-order valence-electron chi connectivity index (χ4n) is 3.53. The maximum atomic E-state index is 6.03. The van der Waals surface area contributed by atoms with Gasteiger partial charge in [-0.1, -0.05) is 61.1 Å². The van der Waals surface area contributed by atoms with Crippen LogP contribution in [0.4, 0.5) is 5.69 Å². The minimum atomic E-state index is 0.573. The van der Waals surface area contributed by atoms with Crippen LogP contribution in [0.5, 0.6) is 0 Å². The molecule has 3 aromatic rings. The van der Waals surface area contributed by atoms with Crippen molar-refractivity contribution in [2.24, 2.45) is 0 Å². The molecule has 0 radical (unpaired) electrons. The largest absolute Gasteiger partial charge is 0.464 e. The fraction of sp³-hybridized carbons (Fsp3) is 0.261. The van der Waals surface area contributed by atoms with Crippen LogP contribution in [0.25, 0.3) is 11.1 Å².